The Balaban J connectivity index is 2.85. The maximum atomic E-state index is 9.13. The summed E-state index contributed by atoms with van der Waals surface area (Å²) in [5, 5.41) is 9.13. The molecule has 0 aromatic carbocycles. The second kappa shape index (κ2) is 8.02. The molecule has 1 heterocycles. The number of methoxy groups -OCH3 is 2. The molecule has 0 saturated carbocycles. The Kier molecular flexibility index (Phi) is 6.64. The fourth-order valence-electron chi connectivity index (χ4n) is 1.86. The Bertz CT molecular complexity index is 347. The highest BCUT2D eigenvalue weighted by molar-refractivity contribution is 5.47. The summed E-state index contributed by atoms with van der Waals surface area (Å²) in [5.41, 5.74) is 1.69. The lowest BCUT2D eigenvalue weighted by molar-refractivity contribution is 0.171. The highest BCUT2D eigenvalue weighted by Gasteiger charge is 2.14. The molecule has 0 fully saturated rings. The second-order valence-corrected chi connectivity index (χ2v) is 4.15. The van der Waals surface area contributed by atoms with E-state index in [0.717, 1.165) is 12.2 Å². The minimum Gasteiger partial charge on any atom is -0.390 e. The molecule has 1 aromatic heterocycles. The van der Waals surface area contributed by atoms with Crippen LogP contribution in [0.5, 0.6) is 0 Å². The van der Waals surface area contributed by atoms with Crippen molar-refractivity contribution in [2.24, 2.45) is 0 Å². The lowest BCUT2D eigenvalue weighted by atomic mass is 10.2. The molecule has 0 aliphatic carbocycles. The molecule has 0 saturated heterocycles. The lowest BCUT2D eigenvalue weighted by Crippen LogP contribution is -2.38. The van der Waals surface area contributed by atoms with Gasteiger partial charge in [0.2, 0.25) is 0 Å². The van der Waals surface area contributed by atoms with E-state index in [4.69, 9.17) is 14.6 Å². The molecule has 1 atom stereocenters. The first-order valence-electron chi connectivity index (χ1n) is 6.03. The first-order chi connectivity index (χ1) is 8.72. The van der Waals surface area contributed by atoms with Gasteiger partial charge in [-0.3, -0.25) is 4.98 Å². The van der Waals surface area contributed by atoms with Gasteiger partial charge in [0.05, 0.1) is 25.5 Å². The number of anilines is 1. The predicted molar refractivity (Wildman–Crippen MR) is 70.7 cm³/mol. The van der Waals surface area contributed by atoms with Crippen molar-refractivity contribution < 1.29 is 14.6 Å². The van der Waals surface area contributed by atoms with E-state index in [1.165, 1.54) is 0 Å². The van der Waals surface area contributed by atoms with Crippen LogP contribution in [0.4, 0.5) is 5.69 Å². The number of aliphatic hydroxyl groups is 1. The van der Waals surface area contributed by atoms with Crippen LogP contribution in [0.2, 0.25) is 0 Å². The van der Waals surface area contributed by atoms with Crippen LogP contribution in [-0.4, -0.2) is 50.1 Å². The quantitative estimate of drug-likeness (QED) is 0.752. The second-order valence-electron chi connectivity index (χ2n) is 4.15. The molecule has 0 aliphatic heterocycles. The number of pyridine rings is 1. The Morgan fingerprint density at radius 1 is 1.39 bits per heavy atom. The molecular formula is C13H22N2O3. The van der Waals surface area contributed by atoms with E-state index >= 15 is 0 Å². The largest absolute Gasteiger partial charge is 0.390 e. The van der Waals surface area contributed by atoms with Crippen LogP contribution >= 0.6 is 0 Å². The van der Waals surface area contributed by atoms with Crippen LogP contribution < -0.4 is 4.90 Å². The van der Waals surface area contributed by atoms with Crippen LogP contribution in [0.1, 0.15) is 12.6 Å². The minimum atomic E-state index is -0.0510. The van der Waals surface area contributed by atoms with Gasteiger partial charge in [0.1, 0.15) is 0 Å². The molecule has 5 nitrogen and oxygen atoms in total. The van der Waals surface area contributed by atoms with Crippen LogP contribution in [0.3, 0.4) is 0 Å². The van der Waals surface area contributed by atoms with E-state index in [0.29, 0.717) is 18.9 Å². The van der Waals surface area contributed by atoms with Crippen LogP contribution in [0.15, 0.2) is 18.3 Å². The van der Waals surface area contributed by atoms with Gasteiger partial charge in [-0.05, 0) is 19.1 Å². The zero-order chi connectivity index (χ0) is 13.4. The van der Waals surface area contributed by atoms with Crippen molar-refractivity contribution in [2.45, 2.75) is 19.6 Å². The molecule has 0 bridgehead atoms. The monoisotopic (exact) mass is 254 g/mol. The van der Waals surface area contributed by atoms with Gasteiger partial charge >= 0.3 is 0 Å². The SMILES string of the molecule is COCCN(c1ccnc(CO)c1)C(C)COC. The summed E-state index contributed by atoms with van der Waals surface area (Å²) in [5.74, 6) is 0. The van der Waals surface area contributed by atoms with Gasteiger partial charge in [0, 0.05) is 38.7 Å². The topological polar surface area (TPSA) is 54.8 Å². The number of ether oxygens (including phenoxy) is 2. The zero-order valence-corrected chi connectivity index (χ0v) is 11.3. The van der Waals surface area contributed by atoms with Crippen LogP contribution in [-0.2, 0) is 16.1 Å². The number of aliphatic hydroxyl groups excluding tert-OH is 1. The van der Waals surface area contributed by atoms with Gasteiger partial charge in [-0.15, -0.1) is 0 Å². The molecule has 1 aromatic rings. The van der Waals surface area contributed by atoms with Crippen molar-refractivity contribution in [3.8, 4) is 0 Å². The maximum absolute atomic E-state index is 9.13. The van der Waals surface area contributed by atoms with E-state index in [2.05, 4.69) is 16.8 Å². The minimum absolute atomic E-state index is 0.0510. The first-order valence-corrected chi connectivity index (χ1v) is 6.03. The zero-order valence-electron chi connectivity index (χ0n) is 11.3. The van der Waals surface area contributed by atoms with E-state index < -0.39 is 0 Å². The molecule has 0 spiro atoms. The van der Waals surface area contributed by atoms with Crippen molar-refractivity contribution >= 4 is 5.69 Å². The van der Waals surface area contributed by atoms with E-state index in [-0.39, 0.29) is 12.6 Å². The number of hydrogen-bond acceptors (Lipinski definition) is 5. The molecule has 0 amide bonds. The summed E-state index contributed by atoms with van der Waals surface area (Å²) in [6.07, 6.45) is 1.71. The summed E-state index contributed by atoms with van der Waals surface area (Å²) in [6.45, 7) is 4.10. The smallest absolute Gasteiger partial charge is 0.0853 e. The third-order valence-corrected chi connectivity index (χ3v) is 2.77. The number of nitrogens with zero attached hydrogens (tertiary/aromatic N) is 2. The number of aromatic nitrogens is 1. The number of rotatable bonds is 8. The molecule has 0 aliphatic rings. The van der Waals surface area contributed by atoms with Gasteiger partial charge in [0.15, 0.2) is 0 Å². The first kappa shape index (κ1) is 14.9. The average Bonchev–Trinajstić information content (AvgIpc) is 2.40. The normalized spacial score (nSPS) is 12.4. The van der Waals surface area contributed by atoms with Crippen LogP contribution in [0.25, 0.3) is 0 Å². The van der Waals surface area contributed by atoms with Crippen molar-refractivity contribution in [3.05, 3.63) is 24.0 Å². The Hall–Kier alpha value is -1.17. The average molecular weight is 254 g/mol. The molecule has 1 N–H and O–H groups in total. The lowest BCUT2D eigenvalue weighted by Gasteiger charge is -2.30. The molecule has 1 unspecified atom stereocenters. The fraction of sp³-hybridized carbons (Fsp3) is 0.615. The van der Waals surface area contributed by atoms with Crippen molar-refractivity contribution in [2.75, 3.05) is 38.9 Å². The van der Waals surface area contributed by atoms with Crippen molar-refractivity contribution in [1.82, 2.24) is 4.98 Å². The van der Waals surface area contributed by atoms with Crippen LogP contribution in [0, 0.1) is 0 Å². The highest BCUT2D eigenvalue weighted by Crippen LogP contribution is 2.17. The van der Waals surface area contributed by atoms with Gasteiger partial charge in [-0.1, -0.05) is 0 Å². The van der Waals surface area contributed by atoms with Crippen molar-refractivity contribution in [3.63, 3.8) is 0 Å². The summed E-state index contributed by atoms with van der Waals surface area (Å²) in [7, 11) is 3.38. The standard InChI is InChI=1S/C13H22N2O3/c1-11(10-18-3)15(6-7-17-2)13-4-5-14-12(8-13)9-16/h4-5,8,11,16H,6-7,9-10H2,1-3H3. The van der Waals surface area contributed by atoms with Crippen molar-refractivity contribution in [1.29, 1.82) is 0 Å². The molecular weight excluding hydrogens is 232 g/mol. The maximum Gasteiger partial charge on any atom is 0.0853 e. The predicted octanol–water partition coefficient (Wildman–Crippen LogP) is 1.06. The summed E-state index contributed by atoms with van der Waals surface area (Å²) in [6, 6.07) is 4.06. The van der Waals surface area contributed by atoms with Gasteiger partial charge in [0.25, 0.3) is 0 Å². The summed E-state index contributed by atoms with van der Waals surface area (Å²) in [4.78, 5) is 6.28. The molecule has 5 heteroatoms. The molecule has 18 heavy (non-hydrogen) atoms. The third-order valence-electron chi connectivity index (χ3n) is 2.77. The van der Waals surface area contributed by atoms with Gasteiger partial charge < -0.3 is 19.5 Å². The van der Waals surface area contributed by atoms with Gasteiger partial charge in [-0.25, -0.2) is 0 Å². The molecule has 1 rings (SSSR count). The Labute approximate surface area is 108 Å². The summed E-state index contributed by atoms with van der Waals surface area (Å²) < 4.78 is 10.3. The number of hydrogen-bond donors (Lipinski definition) is 1. The third kappa shape index (κ3) is 4.25. The highest BCUT2D eigenvalue weighted by atomic mass is 16.5. The Morgan fingerprint density at radius 2 is 2.17 bits per heavy atom. The van der Waals surface area contributed by atoms with E-state index in [9.17, 15) is 0 Å². The van der Waals surface area contributed by atoms with E-state index in [1.807, 2.05) is 12.1 Å². The van der Waals surface area contributed by atoms with E-state index in [1.54, 1.807) is 20.4 Å². The molecule has 0 radical (unpaired) electrons. The van der Waals surface area contributed by atoms with Gasteiger partial charge in [-0.2, -0.15) is 0 Å². The fourth-order valence-corrected chi connectivity index (χ4v) is 1.86. The molecule has 102 valence electrons. The Morgan fingerprint density at radius 3 is 2.78 bits per heavy atom. The summed E-state index contributed by atoms with van der Waals surface area (Å²) >= 11 is 0.